The fraction of sp³-hybridized carbons (Fsp3) is 1.00. The van der Waals surface area contributed by atoms with Crippen molar-refractivity contribution >= 4 is 8.56 Å². The molecule has 0 saturated carbocycles. The van der Waals surface area contributed by atoms with Crippen LogP contribution in [0.4, 0.5) is 0 Å². The van der Waals surface area contributed by atoms with Gasteiger partial charge in [-0.15, -0.1) is 0 Å². The van der Waals surface area contributed by atoms with Crippen molar-refractivity contribution in [2.24, 2.45) is 0 Å². The maximum absolute atomic E-state index is 5.70. The molecule has 0 saturated heterocycles. The van der Waals surface area contributed by atoms with Gasteiger partial charge in [-0.3, -0.25) is 0 Å². The van der Waals surface area contributed by atoms with E-state index in [1.807, 2.05) is 14.2 Å². The van der Waals surface area contributed by atoms with Crippen molar-refractivity contribution in [2.45, 2.75) is 83.7 Å². The van der Waals surface area contributed by atoms with Gasteiger partial charge in [-0.25, -0.2) is 0 Å². The first-order valence-electron chi connectivity index (χ1n) is 7.85. The molecule has 0 aliphatic carbocycles. The standard InChI is InChI=1S/C15H34O2Si/c1-5-7-8-9-10-11-12-13-15-18(16-3,17-4)14-6-2/h5-15H2,1-4H3. The summed E-state index contributed by atoms with van der Waals surface area (Å²) in [5.74, 6) is 0. The molecule has 0 aromatic carbocycles. The van der Waals surface area contributed by atoms with Crippen LogP contribution in [0.5, 0.6) is 0 Å². The SMILES string of the molecule is CCCCCCCCCC[Si](CCC)(OC)OC. The molecule has 3 heteroatoms. The van der Waals surface area contributed by atoms with Gasteiger partial charge in [-0.05, 0) is 12.1 Å². The largest absolute Gasteiger partial charge is 0.398 e. The van der Waals surface area contributed by atoms with Gasteiger partial charge >= 0.3 is 8.56 Å². The lowest BCUT2D eigenvalue weighted by Gasteiger charge is -2.27. The van der Waals surface area contributed by atoms with Crippen molar-refractivity contribution < 1.29 is 8.85 Å². The second-order valence-corrected chi connectivity index (χ2v) is 8.93. The van der Waals surface area contributed by atoms with Crippen LogP contribution in [-0.2, 0) is 8.85 Å². The molecule has 0 bridgehead atoms. The Morgan fingerprint density at radius 2 is 1.11 bits per heavy atom. The third-order valence-corrected chi connectivity index (χ3v) is 7.65. The first-order valence-corrected chi connectivity index (χ1v) is 10.1. The van der Waals surface area contributed by atoms with E-state index in [2.05, 4.69) is 13.8 Å². The van der Waals surface area contributed by atoms with Crippen LogP contribution in [0.15, 0.2) is 0 Å². The molecule has 0 aliphatic rings. The first kappa shape index (κ1) is 18.1. The Morgan fingerprint density at radius 1 is 0.611 bits per heavy atom. The van der Waals surface area contributed by atoms with Gasteiger partial charge in [-0.2, -0.15) is 0 Å². The molecule has 2 nitrogen and oxygen atoms in total. The summed E-state index contributed by atoms with van der Waals surface area (Å²) in [4.78, 5) is 0. The first-order chi connectivity index (χ1) is 8.74. The van der Waals surface area contributed by atoms with E-state index in [-0.39, 0.29) is 0 Å². The third kappa shape index (κ3) is 8.28. The van der Waals surface area contributed by atoms with Gasteiger partial charge in [0.05, 0.1) is 0 Å². The van der Waals surface area contributed by atoms with Crippen molar-refractivity contribution in [3.8, 4) is 0 Å². The third-order valence-electron chi connectivity index (χ3n) is 3.79. The van der Waals surface area contributed by atoms with Crippen LogP contribution in [0, 0.1) is 0 Å². The van der Waals surface area contributed by atoms with E-state index in [9.17, 15) is 0 Å². The van der Waals surface area contributed by atoms with E-state index in [1.165, 1.54) is 63.8 Å². The summed E-state index contributed by atoms with van der Waals surface area (Å²) in [7, 11) is 1.83. The fourth-order valence-electron chi connectivity index (χ4n) is 2.53. The quantitative estimate of drug-likeness (QED) is 0.336. The minimum atomic E-state index is -1.82. The summed E-state index contributed by atoms with van der Waals surface area (Å²) in [6.45, 7) is 4.49. The molecule has 0 spiro atoms. The molecule has 0 aromatic rings. The zero-order valence-electron chi connectivity index (χ0n) is 13.1. The molecule has 0 amide bonds. The topological polar surface area (TPSA) is 18.5 Å². The van der Waals surface area contributed by atoms with Crippen LogP contribution in [-0.4, -0.2) is 22.8 Å². The lowest BCUT2D eigenvalue weighted by atomic mass is 10.1. The van der Waals surface area contributed by atoms with Gasteiger partial charge in [0.15, 0.2) is 0 Å². The molecular formula is C15H34O2Si. The average Bonchev–Trinajstić information content (AvgIpc) is 2.40. The van der Waals surface area contributed by atoms with Crippen LogP contribution < -0.4 is 0 Å². The maximum atomic E-state index is 5.70. The Labute approximate surface area is 116 Å². The minimum absolute atomic E-state index is 1.14. The zero-order valence-corrected chi connectivity index (χ0v) is 14.1. The molecule has 0 rings (SSSR count). The highest BCUT2D eigenvalue weighted by Crippen LogP contribution is 2.23. The summed E-state index contributed by atoms with van der Waals surface area (Å²) in [5, 5.41) is 0. The van der Waals surface area contributed by atoms with Gasteiger partial charge in [0.1, 0.15) is 0 Å². The van der Waals surface area contributed by atoms with E-state index in [0.29, 0.717) is 0 Å². The fourth-order valence-corrected chi connectivity index (χ4v) is 5.31. The van der Waals surface area contributed by atoms with E-state index < -0.39 is 8.56 Å². The zero-order chi connectivity index (χ0) is 13.7. The van der Waals surface area contributed by atoms with Crippen LogP contribution in [0.1, 0.15) is 71.6 Å². The number of rotatable bonds is 13. The second kappa shape index (κ2) is 12.2. The molecule has 0 fully saturated rings. The van der Waals surface area contributed by atoms with Crippen LogP contribution in [0.2, 0.25) is 12.1 Å². The Balaban J connectivity index is 3.55. The molecule has 0 aliphatic heterocycles. The minimum Gasteiger partial charge on any atom is -0.398 e. The molecule has 0 atom stereocenters. The Hall–Kier alpha value is 0.137. The lowest BCUT2D eigenvalue weighted by molar-refractivity contribution is 0.239. The Morgan fingerprint density at radius 3 is 1.56 bits per heavy atom. The van der Waals surface area contributed by atoms with Gasteiger partial charge in [-0.1, -0.05) is 71.6 Å². The van der Waals surface area contributed by atoms with Crippen molar-refractivity contribution in [1.82, 2.24) is 0 Å². The van der Waals surface area contributed by atoms with Gasteiger partial charge in [0.2, 0.25) is 0 Å². The van der Waals surface area contributed by atoms with Gasteiger partial charge in [0.25, 0.3) is 0 Å². The molecular weight excluding hydrogens is 240 g/mol. The molecule has 18 heavy (non-hydrogen) atoms. The second-order valence-electron chi connectivity index (χ2n) is 5.29. The highest BCUT2D eigenvalue weighted by atomic mass is 28.4. The number of unbranched alkanes of at least 4 members (excludes halogenated alkanes) is 7. The van der Waals surface area contributed by atoms with Crippen molar-refractivity contribution in [1.29, 1.82) is 0 Å². The molecule has 0 aromatic heterocycles. The molecule has 0 heterocycles. The van der Waals surface area contributed by atoms with Gasteiger partial charge in [0, 0.05) is 14.2 Å². The summed E-state index contributed by atoms with van der Waals surface area (Å²) in [5.41, 5.74) is 0. The van der Waals surface area contributed by atoms with Crippen LogP contribution in [0.3, 0.4) is 0 Å². The highest BCUT2D eigenvalue weighted by molar-refractivity contribution is 6.67. The molecule has 0 N–H and O–H groups in total. The summed E-state index contributed by atoms with van der Waals surface area (Å²) >= 11 is 0. The molecule has 110 valence electrons. The molecule has 0 unspecified atom stereocenters. The molecule has 0 radical (unpaired) electrons. The number of hydrogen-bond donors (Lipinski definition) is 0. The van der Waals surface area contributed by atoms with Gasteiger partial charge < -0.3 is 8.85 Å². The van der Waals surface area contributed by atoms with E-state index in [1.54, 1.807) is 0 Å². The predicted octanol–water partition coefficient (Wildman–Crippen LogP) is 5.27. The normalized spacial score (nSPS) is 12.0. The average molecular weight is 275 g/mol. The number of hydrogen-bond acceptors (Lipinski definition) is 2. The Kier molecular flexibility index (Phi) is 12.3. The van der Waals surface area contributed by atoms with Crippen LogP contribution >= 0.6 is 0 Å². The van der Waals surface area contributed by atoms with Crippen molar-refractivity contribution in [2.75, 3.05) is 14.2 Å². The Bertz CT molecular complexity index is 170. The summed E-state index contributed by atoms with van der Waals surface area (Å²) in [6.07, 6.45) is 12.2. The van der Waals surface area contributed by atoms with E-state index in [4.69, 9.17) is 8.85 Å². The summed E-state index contributed by atoms with van der Waals surface area (Å²) < 4.78 is 11.4. The highest BCUT2D eigenvalue weighted by Gasteiger charge is 2.33. The monoisotopic (exact) mass is 274 g/mol. The van der Waals surface area contributed by atoms with E-state index >= 15 is 0 Å². The van der Waals surface area contributed by atoms with Crippen molar-refractivity contribution in [3.63, 3.8) is 0 Å². The summed E-state index contributed by atoms with van der Waals surface area (Å²) in [6, 6.07) is 2.30. The lowest BCUT2D eigenvalue weighted by Crippen LogP contribution is -2.39. The van der Waals surface area contributed by atoms with E-state index in [0.717, 1.165) is 6.04 Å². The van der Waals surface area contributed by atoms with Crippen LogP contribution in [0.25, 0.3) is 0 Å². The smallest absolute Gasteiger partial charge is 0.337 e. The van der Waals surface area contributed by atoms with Crippen molar-refractivity contribution in [3.05, 3.63) is 0 Å². The predicted molar refractivity (Wildman–Crippen MR) is 82.3 cm³/mol. The maximum Gasteiger partial charge on any atom is 0.337 e.